The molecule has 166 valence electrons. The van der Waals surface area contributed by atoms with Crippen LogP contribution in [0, 0.1) is 21.4 Å². The van der Waals surface area contributed by atoms with Crippen molar-refractivity contribution in [2.45, 2.75) is 6.42 Å². The van der Waals surface area contributed by atoms with Crippen molar-refractivity contribution in [2.75, 3.05) is 5.32 Å². The van der Waals surface area contributed by atoms with E-state index in [9.17, 15) is 19.7 Å². The fraction of sp³-hybridized carbons (Fsp3) is 0.0385. The zero-order valence-corrected chi connectivity index (χ0v) is 17.8. The molecule has 0 aliphatic carbocycles. The third-order valence-electron chi connectivity index (χ3n) is 5.18. The molecule has 8 heteroatoms. The van der Waals surface area contributed by atoms with Gasteiger partial charge < -0.3 is 9.88 Å². The fourth-order valence-corrected chi connectivity index (χ4v) is 3.51. The number of nitriles is 1. The van der Waals surface area contributed by atoms with Gasteiger partial charge in [-0.2, -0.15) is 5.26 Å². The molecule has 0 saturated heterocycles. The van der Waals surface area contributed by atoms with Crippen LogP contribution in [0.2, 0.25) is 0 Å². The van der Waals surface area contributed by atoms with Crippen LogP contribution in [-0.4, -0.2) is 21.2 Å². The first-order valence-electron chi connectivity index (χ1n) is 10.3. The monoisotopic (exact) mass is 450 g/mol. The van der Waals surface area contributed by atoms with Gasteiger partial charge in [0, 0.05) is 29.7 Å². The number of nitro benzene ring substituents is 1. The molecular weight excluding hydrogens is 432 g/mol. The molecule has 3 aromatic carbocycles. The Labute approximate surface area is 194 Å². The van der Waals surface area contributed by atoms with Crippen molar-refractivity contribution in [2.24, 2.45) is 0 Å². The van der Waals surface area contributed by atoms with Crippen molar-refractivity contribution < 1.29 is 14.5 Å². The van der Waals surface area contributed by atoms with Gasteiger partial charge in [0.05, 0.1) is 23.0 Å². The summed E-state index contributed by atoms with van der Waals surface area (Å²) in [6, 6.07) is 24.0. The average molecular weight is 450 g/mol. The van der Waals surface area contributed by atoms with E-state index in [1.807, 2.05) is 54.9 Å². The summed E-state index contributed by atoms with van der Waals surface area (Å²) in [6.07, 6.45) is 3.19. The van der Waals surface area contributed by atoms with Gasteiger partial charge in [0.1, 0.15) is 5.69 Å². The van der Waals surface area contributed by atoms with Crippen molar-refractivity contribution in [1.82, 2.24) is 4.57 Å². The molecule has 0 saturated carbocycles. The number of aromatic nitrogens is 1. The summed E-state index contributed by atoms with van der Waals surface area (Å²) in [4.78, 5) is 35.9. The number of benzene rings is 3. The highest BCUT2D eigenvalue weighted by Crippen LogP contribution is 2.29. The summed E-state index contributed by atoms with van der Waals surface area (Å²) < 4.78 is 1.79. The van der Waals surface area contributed by atoms with Gasteiger partial charge in [-0.15, -0.1) is 0 Å². The highest BCUT2D eigenvalue weighted by Gasteiger charge is 2.19. The van der Waals surface area contributed by atoms with Crippen LogP contribution in [-0.2, 0) is 4.79 Å². The molecule has 0 atom stereocenters. The van der Waals surface area contributed by atoms with Crippen molar-refractivity contribution in [1.29, 1.82) is 5.26 Å². The Balaban J connectivity index is 1.56. The lowest BCUT2D eigenvalue weighted by atomic mass is 10.1. The lowest BCUT2D eigenvalue weighted by molar-refractivity contribution is -0.383. The van der Waals surface area contributed by atoms with E-state index in [1.54, 1.807) is 22.8 Å². The van der Waals surface area contributed by atoms with Gasteiger partial charge >= 0.3 is 0 Å². The highest BCUT2D eigenvalue weighted by molar-refractivity contribution is 6.11. The number of amides is 1. The number of carbonyl (C=O) groups is 2. The topological polar surface area (TPSA) is 118 Å². The Kier molecular flexibility index (Phi) is 6.28. The van der Waals surface area contributed by atoms with Crippen LogP contribution in [0.4, 0.5) is 11.4 Å². The number of hydrogen-bond donors (Lipinski definition) is 1. The zero-order valence-electron chi connectivity index (χ0n) is 17.8. The summed E-state index contributed by atoms with van der Waals surface area (Å²) in [7, 11) is 0. The fourth-order valence-electron chi connectivity index (χ4n) is 3.51. The zero-order chi connectivity index (χ0) is 24.1. The van der Waals surface area contributed by atoms with Crippen LogP contribution in [0.1, 0.15) is 22.3 Å². The number of Topliss-reactive ketones (excluding diaryl/α,β-unsaturated/α-hetero) is 1. The maximum atomic E-state index is 12.5. The van der Waals surface area contributed by atoms with Crippen LogP contribution in [0.25, 0.3) is 16.8 Å². The maximum absolute atomic E-state index is 12.5. The van der Waals surface area contributed by atoms with Crippen LogP contribution in [0.3, 0.4) is 0 Å². The van der Waals surface area contributed by atoms with Gasteiger partial charge in [-0.3, -0.25) is 19.7 Å². The minimum Gasteiger partial charge on any atom is -0.323 e. The predicted molar refractivity (Wildman–Crippen MR) is 127 cm³/mol. The Morgan fingerprint density at radius 2 is 1.76 bits per heavy atom. The Bertz CT molecular complexity index is 1430. The molecule has 0 radical (unpaired) electrons. The molecule has 0 spiro atoms. The lowest BCUT2D eigenvalue weighted by Crippen LogP contribution is -2.17. The molecule has 1 aromatic heterocycles. The quantitative estimate of drug-likeness (QED) is 0.181. The van der Waals surface area contributed by atoms with Crippen molar-refractivity contribution >= 4 is 23.1 Å². The van der Waals surface area contributed by atoms with Gasteiger partial charge in [0.25, 0.3) is 5.69 Å². The van der Waals surface area contributed by atoms with E-state index in [0.29, 0.717) is 11.3 Å². The molecule has 8 nitrogen and oxygen atoms in total. The minimum absolute atomic E-state index is 0.0129. The number of nitrogens with one attached hydrogen (secondary N) is 1. The molecule has 4 rings (SSSR count). The molecule has 1 heterocycles. The lowest BCUT2D eigenvalue weighted by Gasteiger charge is -2.09. The third kappa shape index (κ3) is 4.89. The van der Waals surface area contributed by atoms with Crippen LogP contribution in [0.5, 0.6) is 0 Å². The molecule has 34 heavy (non-hydrogen) atoms. The van der Waals surface area contributed by atoms with Crippen molar-refractivity contribution in [3.63, 3.8) is 0 Å². The molecule has 0 bridgehead atoms. The summed E-state index contributed by atoms with van der Waals surface area (Å²) in [5, 5.41) is 23.0. The van der Waals surface area contributed by atoms with Crippen LogP contribution < -0.4 is 5.32 Å². The first kappa shape index (κ1) is 22.2. The molecule has 1 amide bonds. The van der Waals surface area contributed by atoms with E-state index in [2.05, 4.69) is 5.32 Å². The molecule has 1 N–H and O–H groups in total. The highest BCUT2D eigenvalue weighted by atomic mass is 16.6. The standard InChI is InChI=1S/C26H18N4O4/c27-16-18-5-4-8-20(13-18)25(31)15-26(32)28-23-14-22(9-10-24(23)30(33)34)29-12-11-21(17-29)19-6-2-1-3-7-19/h1-14,17H,15H2,(H,28,32). The first-order chi connectivity index (χ1) is 16.4. The Morgan fingerprint density at radius 3 is 2.50 bits per heavy atom. The van der Waals surface area contributed by atoms with E-state index in [1.165, 1.54) is 24.3 Å². The smallest absolute Gasteiger partial charge is 0.292 e. The summed E-state index contributed by atoms with van der Waals surface area (Å²) in [5.41, 5.74) is 2.82. The van der Waals surface area contributed by atoms with Crippen molar-refractivity contribution in [3.8, 4) is 22.9 Å². The SMILES string of the molecule is N#Cc1cccc(C(=O)CC(=O)Nc2cc(-n3ccc(-c4ccccc4)c3)ccc2[N+](=O)[O-])c1. The number of ketones is 1. The average Bonchev–Trinajstić information content (AvgIpc) is 3.35. The molecule has 0 aliphatic heterocycles. The normalized spacial score (nSPS) is 10.3. The van der Waals surface area contributed by atoms with Gasteiger partial charge in [-0.05, 0) is 41.5 Å². The number of hydrogen-bond acceptors (Lipinski definition) is 5. The second kappa shape index (κ2) is 9.63. The number of nitrogens with zero attached hydrogens (tertiary/aromatic N) is 3. The van der Waals surface area contributed by atoms with Crippen LogP contribution in [0.15, 0.2) is 91.3 Å². The van der Waals surface area contributed by atoms with Gasteiger partial charge in [-0.25, -0.2) is 0 Å². The Morgan fingerprint density at radius 1 is 0.971 bits per heavy atom. The minimum atomic E-state index is -0.690. The third-order valence-corrected chi connectivity index (χ3v) is 5.18. The summed E-state index contributed by atoms with van der Waals surface area (Å²) >= 11 is 0. The van der Waals surface area contributed by atoms with E-state index in [0.717, 1.165) is 11.1 Å². The van der Waals surface area contributed by atoms with E-state index < -0.39 is 23.0 Å². The second-order valence-corrected chi connectivity index (χ2v) is 7.47. The van der Waals surface area contributed by atoms with Gasteiger partial charge in [0.2, 0.25) is 5.91 Å². The van der Waals surface area contributed by atoms with Gasteiger partial charge in [0.15, 0.2) is 5.78 Å². The summed E-state index contributed by atoms with van der Waals surface area (Å²) in [5.74, 6) is -1.18. The molecular formula is C26H18N4O4. The second-order valence-electron chi connectivity index (χ2n) is 7.47. The summed E-state index contributed by atoms with van der Waals surface area (Å²) in [6.45, 7) is 0. The van der Waals surface area contributed by atoms with Crippen LogP contribution >= 0.6 is 0 Å². The maximum Gasteiger partial charge on any atom is 0.292 e. The number of rotatable bonds is 7. The first-order valence-corrected chi connectivity index (χ1v) is 10.3. The van der Waals surface area contributed by atoms with Crippen molar-refractivity contribution in [3.05, 3.63) is 112 Å². The largest absolute Gasteiger partial charge is 0.323 e. The number of nitro groups is 1. The number of anilines is 1. The molecule has 0 unspecified atom stereocenters. The molecule has 4 aromatic rings. The van der Waals surface area contributed by atoms with E-state index in [4.69, 9.17) is 5.26 Å². The van der Waals surface area contributed by atoms with E-state index in [-0.39, 0.29) is 16.9 Å². The van der Waals surface area contributed by atoms with E-state index >= 15 is 0 Å². The number of carbonyl (C=O) groups excluding carboxylic acids is 2. The Hall–Kier alpha value is -5.03. The predicted octanol–water partition coefficient (Wildman–Crippen LogP) is 5.14. The van der Waals surface area contributed by atoms with Gasteiger partial charge in [-0.1, -0.05) is 42.5 Å². The molecule has 0 aliphatic rings. The molecule has 0 fully saturated rings.